The summed E-state index contributed by atoms with van der Waals surface area (Å²) < 4.78 is 0. The van der Waals surface area contributed by atoms with E-state index in [4.69, 9.17) is 0 Å². The van der Waals surface area contributed by atoms with Crippen molar-refractivity contribution in [3.8, 4) is 0 Å². The minimum Gasteiger partial charge on any atom is -2.00 e. The SMILES string of the molecule is CCC.[O-2].[O-2].[Ti+4]. The first-order valence-corrected chi connectivity index (χ1v) is 1.41. The molecule has 36 valence electrons. The Labute approximate surface area is 53.4 Å². The molecule has 0 spiro atoms. The van der Waals surface area contributed by atoms with Gasteiger partial charge in [-0.3, -0.25) is 0 Å². The number of hydrogen-bond acceptors (Lipinski definition) is 0. The average Bonchev–Trinajstić information content (AvgIpc) is 0.918. The molecule has 3 heteroatoms. The standard InChI is InChI=1S/C3H8.2O.Ti/c1-3-2;;;/h3H2,1-2H3;;;/q;2*-2;+4. The van der Waals surface area contributed by atoms with Gasteiger partial charge in [-0.2, -0.15) is 0 Å². The molecule has 0 aromatic heterocycles. The third-order valence-corrected chi connectivity index (χ3v) is 0. The molecule has 0 fully saturated rings. The first kappa shape index (κ1) is 30.3. The molecule has 6 heavy (non-hydrogen) atoms. The van der Waals surface area contributed by atoms with E-state index < -0.39 is 0 Å². The summed E-state index contributed by atoms with van der Waals surface area (Å²) in [6.45, 7) is 4.25. The van der Waals surface area contributed by atoms with Gasteiger partial charge in [-0.05, 0) is 0 Å². The van der Waals surface area contributed by atoms with E-state index in [9.17, 15) is 0 Å². The predicted octanol–water partition coefficient (Wildman–Crippen LogP) is 1.18. The molecular weight excluding hydrogens is 116 g/mol. The number of rotatable bonds is 0. The van der Waals surface area contributed by atoms with Gasteiger partial charge in [-0.15, -0.1) is 0 Å². The maximum atomic E-state index is 2.12. The van der Waals surface area contributed by atoms with Crippen LogP contribution >= 0.6 is 0 Å². The maximum Gasteiger partial charge on any atom is 4.00 e. The van der Waals surface area contributed by atoms with Crippen LogP contribution in [-0.2, 0) is 32.7 Å². The van der Waals surface area contributed by atoms with Crippen LogP contribution in [-0.4, -0.2) is 0 Å². The zero-order chi connectivity index (χ0) is 2.71. The summed E-state index contributed by atoms with van der Waals surface area (Å²) in [7, 11) is 0. The van der Waals surface area contributed by atoms with E-state index in [1.54, 1.807) is 0 Å². The van der Waals surface area contributed by atoms with E-state index in [2.05, 4.69) is 13.8 Å². The van der Waals surface area contributed by atoms with Crippen LogP contribution in [0.1, 0.15) is 20.3 Å². The van der Waals surface area contributed by atoms with Crippen molar-refractivity contribution < 1.29 is 32.7 Å². The van der Waals surface area contributed by atoms with E-state index in [0.717, 1.165) is 0 Å². The summed E-state index contributed by atoms with van der Waals surface area (Å²) in [6.07, 6.45) is 1.25. The third kappa shape index (κ3) is 152. The minimum atomic E-state index is 0. The fourth-order valence-corrected chi connectivity index (χ4v) is 0. The molecule has 2 nitrogen and oxygen atoms in total. The van der Waals surface area contributed by atoms with Gasteiger partial charge >= 0.3 is 21.7 Å². The van der Waals surface area contributed by atoms with Gasteiger partial charge in [0.15, 0.2) is 0 Å². The first-order chi connectivity index (χ1) is 1.41. The Kier molecular flexibility index (Phi) is 229. The monoisotopic (exact) mass is 124 g/mol. The summed E-state index contributed by atoms with van der Waals surface area (Å²) in [6, 6.07) is 0. The topological polar surface area (TPSA) is 57.0 Å². The fraction of sp³-hybridized carbons (Fsp3) is 1.00. The van der Waals surface area contributed by atoms with Crippen LogP contribution in [0, 0.1) is 0 Å². The molecule has 0 aromatic carbocycles. The Hall–Kier alpha value is 0.634. The van der Waals surface area contributed by atoms with Crippen LogP contribution in [0.4, 0.5) is 0 Å². The summed E-state index contributed by atoms with van der Waals surface area (Å²) in [4.78, 5) is 0. The van der Waals surface area contributed by atoms with Crippen LogP contribution in [0.15, 0.2) is 0 Å². The van der Waals surface area contributed by atoms with E-state index in [1.807, 2.05) is 0 Å². The molecule has 0 aliphatic heterocycles. The van der Waals surface area contributed by atoms with E-state index in [1.165, 1.54) is 6.42 Å². The van der Waals surface area contributed by atoms with Crippen molar-refractivity contribution >= 4 is 0 Å². The van der Waals surface area contributed by atoms with Crippen molar-refractivity contribution in [2.45, 2.75) is 20.3 Å². The normalized spacial score (nSPS) is 3.00. The quantitative estimate of drug-likeness (QED) is 0.435. The molecule has 0 N–H and O–H groups in total. The number of hydrogen-bond donors (Lipinski definition) is 0. The molecule has 0 bridgehead atoms. The Bertz CT molecular complexity index is 8.75. The van der Waals surface area contributed by atoms with Crippen LogP contribution in [0.5, 0.6) is 0 Å². The van der Waals surface area contributed by atoms with Crippen molar-refractivity contribution in [1.29, 1.82) is 0 Å². The molecule has 0 saturated carbocycles. The Balaban J connectivity index is -0.00000000667. The smallest absolute Gasteiger partial charge is 2.00 e. The van der Waals surface area contributed by atoms with Gasteiger partial charge in [-0.1, -0.05) is 20.3 Å². The second kappa shape index (κ2) is 45.3. The van der Waals surface area contributed by atoms with Crippen LogP contribution < -0.4 is 0 Å². The molecule has 0 amide bonds. The van der Waals surface area contributed by atoms with Gasteiger partial charge in [0.2, 0.25) is 0 Å². The zero-order valence-electron chi connectivity index (χ0n) is 4.02. The second-order valence-corrected chi connectivity index (χ2v) is 0.707. The predicted molar refractivity (Wildman–Crippen MR) is 17.3 cm³/mol. The van der Waals surface area contributed by atoms with E-state index in [0.29, 0.717) is 0 Å². The molecule has 0 heterocycles. The van der Waals surface area contributed by atoms with Gasteiger partial charge in [0, 0.05) is 0 Å². The summed E-state index contributed by atoms with van der Waals surface area (Å²) >= 11 is 0. The Morgan fingerprint density at radius 2 is 1.00 bits per heavy atom. The molecule has 0 aliphatic rings. The average molecular weight is 124 g/mol. The van der Waals surface area contributed by atoms with Gasteiger partial charge in [0.25, 0.3) is 0 Å². The molecular formula is C3H8O2Ti. The van der Waals surface area contributed by atoms with Crippen LogP contribution in [0.3, 0.4) is 0 Å². The molecule has 0 saturated heterocycles. The van der Waals surface area contributed by atoms with Crippen molar-refractivity contribution in [3.05, 3.63) is 0 Å². The van der Waals surface area contributed by atoms with Gasteiger partial charge in [-0.25, -0.2) is 0 Å². The van der Waals surface area contributed by atoms with E-state index in [-0.39, 0.29) is 32.7 Å². The van der Waals surface area contributed by atoms with Crippen molar-refractivity contribution in [3.63, 3.8) is 0 Å². The first-order valence-electron chi connectivity index (χ1n) is 1.41. The minimum absolute atomic E-state index is 0. The fourth-order valence-electron chi connectivity index (χ4n) is 0. The molecule has 0 radical (unpaired) electrons. The van der Waals surface area contributed by atoms with Crippen molar-refractivity contribution in [2.75, 3.05) is 0 Å². The van der Waals surface area contributed by atoms with E-state index >= 15 is 0 Å². The molecule has 0 aliphatic carbocycles. The van der Waals surface area contributed by atoms with Crippen molar-refractivity contribution in [2.24, 2.45) is 0 Å². The van der Waals surface area contributed by atoms with Gasteiger partial charge in [0.1, 0.15) is 0 Å². The van der Waals surface area contributed by atoms with Crippen LogP contribution in [0.25, 0.3) is 0 Å². The summed E-state index contributed by atoms with van der Waals surface area (Å²) in [5.74, 6) is 0. The third-order valence-electron chi connectivity index (χ3n) is 0. The summed E-state index contributed by atoms with van der Waals surface area (Å²) in [5, 5.41) is 0. The van der Waals surface area contributed by atoms with Crippen LogP contribution in [0.2, 0.25) is 0 Å². The largest absolute Gasteiger partial charge is 4.00 e. The maximum absolute atomic E-state index is 2.12. The molecule has 0 atom stereocenters. The Morgan fingerprint density at radius 3 is 1.00 bits per heavy atom. The summed E-state index contributed by atoms with van der Waals surface area (Å²) in [5.41, 5.74) is 0. The van der Waals surface area contributed by atoms with Gasteiger partial charge in [0.05, 0.1) is 0 Å². The second-order valence-electron chi connectivity index (χ2n) is 0.707. The van der Waals surface area contributed by atoms with Crippen molar-refractivity contribution in [1.82, 2.24) is 0 Å². The zero-order valence-corrected chi connectivity index (χ0v) is 5.59. The Morgan fingerprint density at radius 1 is 1.00 bits per heavy atom. The molecule has 0 unspecified atom stereocenters. The molecule has 0 aromatic rings. The molecule has 0 rings (SSSR count). The van der Waals surface area contributed by atoms with Gasteiger partial charge < -0.3 is 11.0 Å².